The van der Waals surface area contributed by atoms with Gasteiger partial charge in [0.25, 0.3) is 0 Å². The summed E-state index contributed by atoms with van der Waals surface area (Å²) < 4.78 is 0. The third kappa shape index (κ3) is 4.21. The lowest BCUT2D eigenvalue weighted by molar-refractivity contribution is 0.948. The minimum Gasteiger partial charge on any atom is -0.349 e. The minimum atomic E-state index is 0.506. The zero-order valence-corrected chi connectivity index (χ0v) is 14.1. The highest BCUT2D eigenvalue weighted by molar-refractivity contribution is 7.98. The average Bonchev–Trinajstić information content (AvgIpc) is 2.61. The second-order valence-electron chi connectivity index (χ2n) is 4.88. The van der Waals surface area contributed by atoms with Crippen LogP contribution in [0.5, 0.6) is 0 Å². The summed E-state index contributed by atoms with van der Waals surface area (Å²) in [4.78, 5) is 5.73. The van der Waals surface area contributed by atoms with Crippen molar-refractivity contribution in [3.05, 3.63) is 65.3 Å². The number of aromatic nitrogens is 3. The number of thioether (sulfide) groups is 1. The van der Waals surface area contributed by atoms with Gasteiger partial charge in [-0.2, -0.15) is 5.10 Å². The number of nitrogens with zero attached hydrogens (tertiary/aromatic N) is 3. The van der Waals surface area contributed by atoms with Gasteiger partial charge in [0.15, 0.2) is 0 Å². The second kappa shape index (κ2) is 7.44. The van der Waals surface area contributed by atoms with Crippen LogP contribution in [-0.2, 0) is 6.54 Å². The van der Waals surface area contributed by atoms with Gasteiger partial charge < -0.3 is 5.32 Å². The number of hydrogen-bond donors (Lipinski definition) is 1. The van der Waals surface area contributed by atoms with Crippen molar-refractivity contribution in [2.45, 2.75) is 11.4 Å². The summed E-state index contributed by atoms with van der Waals surface area (Å²) in [5.41, 5.74) is 2.89. The number of rotatable bonds is 5. The van der Waals surface area contributed by atoms with E-state index in [1.165, 1.54) is 10.5 Å². The van der Waals surface area contributed by atoms with Crippen LogP contribution < -0.4 is 5.32 Å². The van der Waals surface area contributed by atoms with Gasteiger partial charge in [-0.1, -0.05) is 35.9 Å². The molecular formula is C17H15ClN4S. The minimum absolute atomic E-state index is 0.506. The topological polar surface area (TPSA) is 50.7 Å². The first kappa shape index (κ1) is 15.8. The Labute approximate surface area is 144 Å². The first-order chi connectivity index (χ1) is 11.2. The lowest BCUT2D eigenvalue weighted by Gasteiger charge is -2.07. The molecule has 0 bridgehead atoms. The van der Waals surface area contributed by atoms with E-state index in [-0.39, 0.29) is 0 Å². The summed E-state index contributed by atoms with van der Waals surface area (Å²) in [6.07, 6.45) is 3.71. The molecule has 1 heterocycles. The standard InChI is InChI=1S/C17H15ClN4S/c1-23-15-4-2-3-12(9-15)10-19-17-21-16(11-20-22-17)13-5-7-14(18)8-6-13/h2-9,11H,10H2,1H3,(H,19,21,22). The van der Waals surface area contributed by atoms with E-state index >= 15 is 0 Å². The van der Waals surface area contributed by atoms with Crippen molar-refractivity contribution in [3.63, 3.8) is 0 Å². The first-order valence-electron chi connectivity index (χ1n) is 7.07. The van der Waals surface area contributed by atoms with Gasteiger partial charge in [0, 0.05) is 22.0 Å². The number of benzene rings is 2. The lowest BCUT2D eigenvalue weighted by atomic mass is 10.2. The molecule has 0 saturated heterocycles. The molecule has 3 aromatic rings. The predicted octanol–water partition coefficient (Wildman–Crippen LogP) is 4.53. The van der Waals surface area contributed by atoms with Crippen molar-refractivity contribution in [1.29, 1.82) is 0 Å². The highest BCUT2D eigenvalue weighted by Gasteiger charge is 2.04. The Morgan fingerprint density at radius 2 is 1.96 bits per heavy atom. The molecule has 6 heteroatoms. The molecule has 3 rings (SSSR count). The third-order valence-electron chi connectivity index (χ3n) is 3.28. The molecule has 1 N–H and O–H groups in total. The molecule has 0 aliphatic carbocycles. The van der Waals surface area contributed by atoms with Gasteiger partial charge in [0.1, 0.15) is 0 Å². The second-order valence-corrected chi connectivity index (χ2v) is 6.19. The van der Waals surface area contributed by atoms with E-state index in [0.29, 0.717) is 17.5 Å². The molecule has 2 aromatic carbocycles. The van der Waals surface area contributed by atoms with E-state index in [9.17, 15) is 0 Å². The van der Waals surface area contributed by atoms with Crippen LogP contribution in [0.4, 0.5) is 5.95 Å². The Balaban J connectivity index is 1.73. The predicted molar refractivity (Wildman–Crippen MR) is 95.8 cm³/mol. The average molecular weight is 343 g/mol. The molecule has 0 atom stereocenters. The molecule has 0 aliphatic heterocycles. The summed E-state index contributed by atoms with van der Waals surface area (Å²) in [5.74, 6) is 0.506. The summed E-state index contributed by atoms with van der Waals surface area (Å²) in [7, 11) is 0. The van der Waals surface area contributed by atoms with Gasteiger partial charge in [-0.05, 0) is 36.1 Å². The lowest BCUT2D eigenvalue weighted by Crippen LogP contribution is -2.05. The molecule has 4 nitrogen and oxygen atoms in total. The van der Waals surface area contributed by atoms with Crippen LogP contribution in [-0.4, -0.2) is 21.4 Å². The van der Waals surface area contributed by atoms with Crippen LogP contribution in [0.3, 0.4) is 0 Å². The van der Waals surface area contributed by atoms with Crippen LogP contribution >= 0.6 is 23.4 Å². The van der Waals surface area contributed by atoms with Crippen molar-refractivity contribution >= 4 is 29.3 Å². The zero-order valence-electron chi connectivity index (χ0n) is 12.5. The number of nitrogens with one attached hydrogen (secondary N) is 1. The van der Waals surface area contributed by atoms with E-state index in [2.05, 4.69) is 45.0 Å². The van der Waals surface area contributed by atoms with E-state index in [1.807, 2.05) is 30.3 Å². The van der Waals surface area contributed by atoms with E-state index in [0.717, 1.165) is 11.3 Å². The molecule has 0 unspecified atom stereocenters. The van der Waals surface area contributed by atoms with Crippen molar-refractivity contribution in [2.75, 3.05) is 11.6 Å². The molecule has 0 aliphatic rings. The first-order valence-corrected chi connectivity index (χ1v) is 8.67. The van der Waals surface area contributed by atoms with Crippen molar-refractivity contribution < 1.29 is 0 Å². The van der Waals surface area contributed by atoms with Crippen LogP contribution in [0.25, 0.3) is 11.3 Å². The molecule has 0 radical (unpaired) electrons. The zero-order chi connectivity index (χ0) is 16.1. The van der Waals surface area contributed by atoms with Gasteiger partial charge in [0.2, 0.25) is 5.95 Å². The maximum Gasteiger partial charge on any atom is 0.243 e. The highest BCUT2D eigenvalue weighted by Crippen LogP contribution is 2.20. The summed E-state index contributed by atoms with van der Waals surface area (Å²) in [6, 6.07) is 15.9. The van der Waals surface area contributed by atoms with Crippen molar-refractivity contribution in [1.82, 2.24) is 15.2 Å². The Morgan fingerprint density at radius 1 is 1.13 bits per heavy atom. The van der Waals surface area contributed by atoms with Gasteiger partial charge in [-0.3, -0.25) is 0 Å². The fourth-order valence-corrected chi connectivity index (χ4v) is 2.71. The van der Waals surface area contributed by atoms with E-state index < -0.39 is 0 Å². The monoisotopic (exact) mass is 342 g/mol. The van der Waals surface area contributed by atoms with Crippen molar-refractivity contribution in [2.24, 2.45) is 0 Å². The maximum absolute atomic E-state index is 5.91. The molecule has 0 amide bonds. The van der Waals surface area contributed by atoms with Crippen LogP contribution in [0.15, 0.2) is 59.6 Å². The molecule has 0 saturated carbocycles. The largest absolute Gasteiger partial charge is 0.349 e. The quantitative estimate of drug-likeness (QED) is 0.690. The van der Waals surface area contributed by atoms with Crippen molar-refractivity contribution in [3.8, 4) is 11.3 Å². The van der Waals surface area contributed by atoms with Gasteiger partial charge in [0.05, 0.1) is 11.9 Å². The Hall–Kier alpha value is -2.11. The molecule has 23 heavy (non-hydrogen) atoms. The van der Waals surface area contributed by atoms with Crippen LogP contribution in [0.2, 0.25) is 5.02 Å². The fraction of sp³-hybridized carbons (Fsp3) is 0.118. The van der Waals surface area contributed by atoms with E-state index in [1.54, 1.807) is 18.0 Å². The molecule has 1 aromatic heterocycles. The Kier molecular flexibility index (Phi) is 5.10. The Morgan fingerprint density at radius 3 is 2.74 bits per heavy atom. The number of halogens is 1. The SMILES string of the molecule is CSc1cccc(CNc2nncc(-c3ccc(Cl)cc3)n2)c1. The van der Waals surface area contributed by atoms with Gasteiger partial charge in [-0.25, -0.2) is 4.98 Å². The summed E-state index contributed by atoms with van der Waals surface area (Å²) >= 11 is 7.63. The fourth-order valence-electron chi connectivity index (χ4n) is 2.10. The molecule has 116 valence electrons. The summed E-state index contributed by atoms with van der Waals surface area (Å²) in [6.45, 7) is 0.653. The number of hydrogen-bond acceptors (Lipinski definition) is 5. The summed E-state index contributed by atoms with van der Waals surface area (Å²) in [5, 5.41) is 12.0. The third-order valence-corrected chi connectivity index (χ3v) is 4.26. The normalized spacial score (nSPS) is 10.5. The molecule has 0 spiro atoms. The molecular weight excluding hydrogens is 328 g/mol. The maximum atomic E-state index is 5.91. The number of anilines is 1. The van der Waals surface area contributed by atoms with Gasteiger partial charge in [-0.15, -0.1) is 16.9 Å². The Bertz CT molecular complexity index is 793. The van der Waals surface area contributed by atoms with E-state index in [4.69, 9.17) is 11.6 Å². The molecule has 0 fully saturated rings. The highest BCUT2D eigenvalue weighted by atomic mass is 35.5. The van der Waals surface area contributed by atoms with Crippen LogP contribution in [0, 0.1) is 0 Å². The van der Waals surface area contributed by atoms with Gasteiger partial charge >= 0.3 is 0 Å². The smallest absolute Gasteiger partial charge is 0.243 e. The van der Waals surface area contributed by atoms with Crippen LogP contribution in [0.1, 0.15) is 5.56 Å².